The number of nitrogens with one attached hydrogen (secondary N) is 3. The highest BCUT2D eigenvalue weighted by Gasteiger charge is 2.20. The lowest BCUT2D eigenvalue weighted by atomic mass is 10.0. The maximum Gasteiger partial charge on any atom is 0.305 e. The van der Waals surface area contributed by atoms with Crippen LogP contribution in [0.1, 0.15) is 41.2 Å². The minimum Gasteiger partial charge on any atom is -0.481 e. The van der Waals surface area contributed by atoms with E-state index in [-0.39, 0.29) is 13.0 Å². The second-order valence-electron chi connectivity index (χ2n) is 7.24. The fourth-order valence-corrected chi connectivity index (χ4v) is 3.80. The molecule has 1 unspecified atom stereocenters. The topological polar surface area (TPSA) is 120 Å². The van der Waals surface area contributed by atoms with E-state index in [0.29, 0.717) is 21.2 Å². The van der Waals surface area contributed by atoms with Crippen LogP contribution in [0.25, 0.3) is 0 Å². The van der Waals surface area contributed by atoms with Crippen molar-refractivity contribution in [2.24, 2.45) is 4.99 Å². The van der Waals surface area contributed by atoms with Crippen LogP contribution < -0.4 is 16.0 Å². The Kier molecular flexibility index (Phi) is 8.08. The van der Waals surface area contributed by atoms with Gasteiger partial charge >= 0.3 is 5.97 Å². The predicted molar refractivity (Wildman–Crippen MR) is 124 cm³/mol. The van der Waals surface area contributed by atoms with E-state index < -0.39 is 23.8 Å². The molecule has 1 aliphatic heterocycles. The minimum absolute atomic E-state index is 0.322. The van der Waals surface area contributed by atoms with Crippen molar-refractivity contribution in [2.75, 3.05) is 18.4 Å². The number of aliphatic imine (C=N–C) groups is 1. The lowest BCUT2D eigenvalue weighted by Gasteiger charge is -2.18. The summed E-state index contributed by atoms with van der Waals surface area (Å²) in [6.07, 6.45) is 1.50. The van der Waals surface area contributed by atoms with Gasteiger partial charge in [0.1, 0.15) is 5.84 Å². The third-order valence-electron chi connectivity index (χ3n) is 4.70. The molecule has 0 radical (unpaired) electrons. The van der Waals surface area contributed by atoms with Gasteiger partial charge in [-0.2, -0.15) is 0 Å². The van der Waals surface area contributed by atoms with Crippen LogP contribution in [-0.2, 0) is 9.59 Å². The molecular formula is C22H22Cl2N4O4. The van der Waals surface area contributed by atoms with Crippen LogP contribution in [0.3, 0.4) is 0 Å². The van der Waals surface area contributed by atoms with Gasteiger partial charge in [0, 0.05) is 34.3 Å². The fourth-order valence-electron chi connectivity index (χ4n) is 3.26. The van der Waals surface area contributed by atoms with Crippen molar-refractivity contribution >= 4 is 52.5 Å². The van der Waals surface area contributed by atoms with Crippen LogP contribution in [-0.4, -0.2) is 41.8 Å². The number of aliphatic carboxylic acids is 1. The molecule has 2 aromatic carbocycles. The van der Waals surface area contributed by atoms with Gasteiger partial charge in [-0.3, -0.25) is 19.4 Å². The summed E-state index contributed by atoms with van der Waals surface area (Å²) >= 11 is 12.0. The van der Waals surface area contributed by atoms with Gasteiger partial charge in [0.25, 0.3) is 5.91 Å². The van der Waals surface area contributed by atoms with Crippen molar-refractivity contribution in [3.05, 3.63) is 63.6 Å². The smallest absolute Gasteiger partial charge is 0.305 e. The normalized spacial score (nSPS) is 13.8. The molecule has 32 heavy (non-hydrogen) atoms. The molecule has 2 amide bonds. The second-order valence-corrected chi connectivity index (χ2v) is 8.11. The highest BCUT2D eigenvalue weighted by Crippen LogP contribution is 2.25. The van der Waals surface area contributed by atoms with Crippen molar-refractivity contribution in [3.63, 3.8) is 0 Å². The number of hydrogen-bond donors (Lipinski definition) is 4. The van der Waals surface area contributed by atoms with Gasteiger partial charge in [0.2, 0.25) is 5.91 Å². The first-order valence-corrected chi connectivity index (χ1v) is 10.7. The van der Waals surface area contributed by atoms with E-state index in [1.807, 2.05) is 6.07 Å². The van der Waals surface area contributed by atoms with Crippen LogP contribution in [0.15, 0.2) is 47.5 Å². The summed E-state index contributed by atoms with van der Waals surface area (Å²) in [6, 6.07) is 10.6. The lowest BCUT2D eigenvalue weighted by Crippen LogP contribution is -2.39. The van der Waals surface area contributed by atoms with Gasteiger partial charge in [0.05, 0.1) is 19.0 Å². The number of anilines is 1. The molecule has 1 atom stereocenters. The highest BCUT2D eigenvalue weighted by atomic mass is 35.5. The Labute approximate surface area is 195 Å². The molecule has 1 heterocycles. The number of benzene rings is 2. The van der Waals surface area contributed by atoms with Gasteiger partial charge in [-0.1, -0.05) is 29.3 Å². The first-order chi connectivity index (χ1) is 15.3. The lowest BCUT2D eigenvalue weighted by molar-refractivity contribution is -0.137. The molecule has 0 bridgehead atoms. The molecule has 0 aromatic heterocycles. The van der Waals surface area contributed by atoms with E-state index in [9.17, 15) is 19.5 Å². The zero-order chi connectivity index (χ0) is 23.1. The Bertz CT molecular complexity index is 1040. The summed E-state index contributed by atoms with van der Waals surface area (Å²) in [4.78, 5) is 40.5. The summed E-state index contributed by atoms with van der Waals surface area (Å²) in [6.45, 7) is 0.468. The Hall–Kier alpha value is -3.10. The largest absolute Gasteiger partial charge is 0.481 e. The van der Waals surface area contributed by atoms with Crippen LogP contribution in [0.5, 0.6) is 0 Å². The van der Waals surface area contributed by atoms with Crippen molar-refractivity contribution in [3.8, 4) is 0 Å². The van der Waals surface area contributed by atoms with Crippen LogP contribution >= 0.6 is 23.2 Å². The third kappa shape index (κ3) is 6.96. The second kappa shape index (κ2) is 11.0. The van der Waals surface area contributed by atoms with Gasteiger partial charge in [-0.15, -0.1) is 0 Å². The number of nitrogens with zero attached hydrogens (tertiary/aromatic N) is 1. The number of hydrogen-bond acceptors (Lipinski definition) is 5. The summed E-state index contributed by atoms with van der Waals surface area (Å²) in [5, 5.41) is 18.2. The molecule has 8 nitrogen and oxygen atoms in total. The van der Waals surface area contributed by atoms with E-state index in [4.69, 9.17) is 23.2 Å². The third-order valence-corrected chi connectivity index (χ3v) is 5.13. The number of rotatable bonds is 8. The number of carbonyl (C=O) groups excluding carboxylic acids is 2. The fraction of sp³-hybridized carbons (Fsp3) is 0.273. The molecule has 0 aliphatic carbocycles. The van der Waals surface area contributed by atoms with Gasteiger partial charge in [0.15, 0.2) is 0 Å². The average molecular weight is 477 g/mol. The number of amidine groups is 1. The summed E-state index contributed by atoms with van der Waals surface area (Å²) < 4.78 is 0. The maximum absolute atomic E-state index is 12.5. The van der Waals surface area contributed by atoms with Gasteiger partial charge in [-0.05, 0) is 48.4 Å². The van der Waals surface area contributed by atoms with Crippen LogP contribution in [0.2, 0.25) is 10.0 Å². The molecule has 0 fully saturated rings. The number of amides is 2. The van der Waals surface area contributed by atoms with Gasteiger partial charge in [-0.25, -0.2) is 0 Å². The SMILES string of the molecule is O=C(O)CC(NC(=O)CNC(=O)c1cccc(NC2=NCCC2)c1)c1cc(Cl)cc(Cl)c1. The monoisotopic (exact) mass is 476 g/mol. The molecule has 4 N–H and O–H groups in total. The van der Waals surface area contributed by atoms with Crippen LogP contribution in [0, 0.1) is 0 Å². The number of carbonyl (C=O) groups is 3. The van der Waals surface area contributed by atoms with E-state index >= 15 is 0 Å². The number of carboxylic acids is 1. The predicted octanol–water partition coefficient (Wildman–Crippen LogP) is 3.66. The molecule has 1 aliphatic rings. The van der Waals surface area contributed by atoms with Crippen molar-refractivity contribution < 1.29 is 19.5 Å². The summed E-state index contributed by atoms with van der Waals surface area (Å²) in [5.41, 5.74) is 1.57. The average Bonchev–Trinajstić information content (AvgIpc) is 3.23. The Morgan fingerprint density at radius 3 is 2.50 bits per heavy atom. The zero-order valence-corrected chi connectivity index (χ0v) is 18.5. The summed E-state index contributed by atoms with van der Waals surface area (Å²) in [7, 11) is 0. The van der Waals surface area contributed by atoms with Crippen molar-refractivity contribution in [1.82, 2.24) is 10.6 Å². The van der Waals surface area contributed by atoms with Gasteiger partial charge < -0.3 is 21.1 Å². The highest BCUT2D eigenvalue weighted by molar-refractivity contribution is 6.34. The van der Waals surface area contributed by atoms with Crippen LogP contribution in [0.4, 0.5) is 5.69 Å². The van der Waals surface area contributed by atoms with E-state index in [2.05, 4.69) is 20.9 Å². The van der Waals surface area contributed by atoms with E-state index in [0.717, 1.165) is 30.9 Å². The molecule has 3 rings (SSSR count). The first-order valence-electron chi connectivity index (χ1n) is 9.96. The first kappa shape index (κ1) is 23.6. The molecule has 2 aromatic rings. The Morgan fingerprint density at radius 1 is 1.09 bits per heavy atom. The van der Waals surface area contributed by atoms with E-state index in [1.165, 1.54) is 18.2 Å². The molecule has 0 saturated carbocycles. The minimum atomic E-state index is -1.10. The molecule has 0 spiro atoms. The Balaban J connectivity index is 1.59. The van der Waals surface area contributed by atoms with Crippen molar-refractivity contribution in [2.45, 2.75) is 25.3 Å². The maximum atomic E-state index is 12.5. The standard InChI is InChI=1S/C22H22Cl2N4O4/c23-15-7-14(8-16(24)10-15)18(11-21(30)31)28-20(29)12-26-22(32)13-3-1-4-17(9-13)27-19-5-2-6-25-19/h1,3-4,7-10,18H,2,5-6,11-12H2,(H,25,27)(H,26,32)(H,28,29)(H,30,31). The van der Waals surface area contributed by atoms with Crippen molar-refractivity contribution in [1.29, 1.82) is 0 Å². The quantitative estimate of drug-likeness (QED) is 0.463. The molecule has 0 saturated heterocycles. The number of carboxylic acid groups (broad SMARTS) is 1. The Morgan fingerprint density at radius 2 is 1.84 bits per heavy atom. The van der Waals surface area contributed by atoms with E-state index in [1.54, 1.807) is 18.2 Å². The molecule has 10 heteroatoms. The molecule has 168 valence electrons. The number of halogens is 2. The summed E-state index contributed by atoms with van der Waals surface area (Å²) in [5.74, 6) is -1.20. The zero-order valence-electron chi connectivity index (χ0n) is 17.0. The molecular weight excluding hydrogens is 455 g/mol.